The molecule has 0 N–H and O–H groups in total. The Balaban J connectivity index is 0.000000166. The SMILES string of the molecule is CC(C)c1ccnc(-c2[c-]cc3c4ccccc4c4ccccc4c3c2)c1.[2H]C(C)(C)c1ccnc(-c2[c-]ccc3c2oc2c[c]([Ge]([CH3])([CH3])[CH3])ccc23)c1.[Ir]. The number of nitrogens with zero attached hydrogens (tertiary/aromatic N) is 2. The van der Waals surface area contributed by atoms with Crippen molar-refractivity contribution in [3.8, 4) is 22.5 Å². The van der Waals surface area contributed by atoms with Gasteiger partial charge in [0, 0.05) is 26.3 Å². The maximum atomic E-state index is 8.31. The topological polar surface area (TPSA) is 38.9 Å². The van der Waals surface area contributed by atoms with Crippen molar-refractivity contribution in [2.75, 3.05) is 0 Å². The largest absolute Gasteiger partial charge is 0 e. The second kappa shape index (κ2) is 15.3. The van der Waals surface area contributed by atoms with Gasteiger partial charge in [-0.05, 0) is 33.8 Å². The molecule has 1 radical (unpaired) electrons. The first-order chi connectivity index (χ1) is 25.9. The number of pyridine rings is 2. The zero-order valence-corrected chi connectivity index (χ0v) is 36.3. The third-order valence-corrected chi connectivity index (χ3v) is 14.6. The van der Waals surface area contributed by atoms with E-state index in [0.717, 1.165) is 50.0 Å². The van der Waals surface area contributed by atoms with E-state index in [1.165, 1.54) is 42.3 Å². The van der Waals surface area contributed by atoms with Crippen molar-refractivity contribution in [1.29, 1.82) is 0 Å². The first-order valence-corrected chi connectivity index (χ1v) is 25.8. The minimum atomic E-state index is -1.92. The minimum Gasteiger partial charge on any atom is 0 e. The van der Waals surface area contributed by atoms with Crippen LogP contribution in [0.2, 0.25) is 17.3 Å². The fraction of sp³-hybridized carbons (Fsp3) is 0.184. The van der Waals surface area contributed by atoms with Crippen molar-refractivity contribution in [2.24, 2.45) is 0 Å². The molecule has 0 saturated heterocycles. The molecule has 0 fully saturated rings. The van der Waals surface area contributed by atoms with Gasteiger partial charge >= 0.3 is 159 Å². The van der Waals surface area contributed by atoms with Crippen LogP contribution in [0.5, 0.6) is 0 Å². The van der Waals surface area contributed by atoms with Gasteiger partial charge in [-0.3, -0.25) is 0 Å². The van der Waals surface area contributed by atoms with Crippen LogP contribution in [0.4, 0.5) is 0 Å². The van der Waals surface area contributed by atoms with E-state index in [0.29, 0.717) is 5.92 Å². The van der Waals surface area contributed by atoms with E-state index in [1.54, 1.807) is 6.20 Å². The van der Waals surface area contributed by atoms with Crippen LogP contribution in [0, 0.1) is 12.1 Å². The maximum Gasteiger partial charge on any atom is 0 e. The summed E-state index contributed by atoms with van der Waals surface area (Å²) in [6, 6.07) is 47.3. The Morgan fingerprint density at radius 2 is 1.22 bits per heavy atom. The van der Waals surface area contributed by atoms with E-state index in [2.05, 4.69) is 150 Å². The summed E-state index contributed by atoms with van der Waals surface area (Å²) >= 11 is -1.92. The van der Waals surface area contributed by atoms with Crippen LogP contribution in [-0.2, 0) is 20.1 Å². The fourth-order valence-corrected chi connectivity index (χ4v) is 9.63. The Bertz CT molecular complexity index is 2810. The molecular weight excluding hydrogens is 897 g/mol. The Kier molecular flexibility index (Phi) is 10.3. The first-order valence-electron chi connectivity index (χ1n) is 18.9. The van der Waals surface area contributed by atoms with E-state index in [9.17, 15) is 0 Å². The molecule has 0 spiro atoms. The summed E-state index contributed by atoms with van der Waals surface area (Å²) in [6.07, 6.45) is 3.67. The van der Waals surface area contributed by atoms with Crippen LogP contribution in [-0.4, -0.2) is 23.2 Å². The smallest absolute Gasteiger partial charge is 0 e. The summed E-state index contributed by atoms with van der Waals surface area (Å²) < 4.78 is 16.1. The fourth-order valence-electron chi connectivity index (χ4n) is 7.22. The summed E-state index contributed by atoms with van der Waals surface area (Å²) in [7, 11) is 0. The van der Waals surface area contributed by atoms with Crippen molar-refractivity contribution in [3.05, 3.63) is 151 Å². The van der Waals surface area contributed by atoms with Gasteiger partial charge in [0.1, 0.15) is 0 Å². The zero-order valence-electron chi connectivity index (χ0n) is 32.8. The van der Waals surface area contributed by atoms with Gasteiger partial charge in [-0.15, -0.1) is 23.8 Å². The quantitative estimate of drug-likeness (QED) is 0.0980. The molecule has 0 unspecified atom stereocenters. The Labute approximate surface area is 336 Å². The second-order valence-corrected chi connectivity index (χ2v) is 26.1. The van der Waals surface area contributed by atoms with Gasteiger partial charge in [0.25, 0.3) is 0 Å². The third kappa shape index (κ3) is 7.16. The summed E-state index contributed by atoms with van der Waals surface area (Å²) in [4.78, 5) is 9.14. The molecule has 5 heteroatoms. The molecule has 3 nitrogen and oxygen atoms in total. The predicted molar refractivity (Wildman–Crippen MR) is 228 cm³/mol. The molecule has 271 valence electrons. The summed E-state index contributed by atoms with van der Waals surface area (Å²) in [5.74, 6) is 6.98. The van der Waals surface area contributed by atoms with Crippen LogP contribution in [0.15, 0.2) is 132 Å². The molecule has 0 saturated carbocycles. The normalized spacial score (nSPS) is 12.3. The number of hydrogen-bond acceptors (Lipinski definition) is 3. The van der Waals surface area contributed by atoms with E-state index in [-0.39, 0.29) is 20.1 Å². The molecule has 0 amide bonds. The van der Waals surface area contributed by atoms with Gasteiger partial charge < -0.3 is 4.98 Å². The Morgan fingerprint density at radius 1 is 0.611 bits per heavy atom. The van der Waals surface area contributed by atoms with E-state index in [1.807, 2.05) is 38.2 Å². The molecule has 0 aliphatic rings. The van der Waals surface area contributed by atoms with Gasteiger partial charge in [0.2, 0.25) is 0 Å². The van der Waals surface area contributed by atoms with Crippen molar-refractivity contribution >= 4 is 71.9 Å². The first kappa shape index (κ1) is 36.4. The Hall–Kier alpha value is -4.61. The number of rotatable bonds is 5. The van der Waals surface area contributed by atoms with Crippen molar-refractivity contribution < 1.29 is 25.9 Å². The molecule has 9 aromatic rings. The molecule has 0 atom stereocenters. The molecule has 9 rings (SSSR count). The molecular formula is C49H44GeIrN2O-2. The molecule has 3 heterocycles. The molecule has 0 bridgehead atoms. The third-order valence-electron chi connectivity index (χ3n) is 10.3. The van der Waals surface area contributed by atoms with Crippen LogP contribution in [0.3, 0.4) is 0 Å². The van der Waals surface area contributed by atoms with Crippen molar-refractivity contribution in [1.82, 2.24) is 9.97 Å². The van der Waals surface area contributed by atoms with E-state index < -0.39 is 19.2 Å². The second-order valence-electron chi connectivity index (χ2n) is 15.5. The van der Waals surface area contributed by atoms with Gasteiger partial charge in [0.05, 0.1) is 0 Å². The van der Waals surface area contributed by atoms with E-state index in [4.69, 9.17) is 5.79 Å². The zero-order chi connectivity index (χ0) is 37.8. The van der Waals surface area contributed by atoms with Crippen LogP contribution >= 0.6 is 0 Å². The molecule has 0 aliphatic heterocycles. The monoisotopic (exact) mass is 944 g/mol. The van der Waals surface area contributed by atoms with Crippen molar-refractivity contribution in [3.63, 3.8) is 0 Å². The molecule has 54 heavy (non-hydrogen) atoms. The van der Waals surface area contributed by atoms with Crippen molar-refractivity contribution in [2.45, 2.75) is 56.8 Å². The van der Waals surface area contributed by atoms with Gasteiger partial charge in [0.15, 0.2) is 0 Å². The van der Waals surface area contributed by atoms with Gasteiger partial charge in [-0.2, -0.15) is 0 Å². The van der Waals surface area contributed by atoms with Crippen LogP contribution in [0.1, 0.15) is 52.0 Å². The number of hydrogen-bond donors (Lipinski definition) is 0. The van der Waals surface area contributed by atoms with Gasteiger partial charge in [-0.25, -0.2) is 0 Å². The van der Waals surface area contributed by atoms with Gasteiger partial charge in [-0.1, -0.05) is 90.2 Å². The van der Waals surface area contributed by atoms with Crippen LogP contribution in [0.25, 0.3) is 76.8 Å². The number of fused-ring (bicyclic) bond motifs is 9. The summed E-state index contributed by atoms with van der Waals surface area (Å²) in [6.45, 7) is 8.19. The average molecular weight is 943 g/mol. The molecule has 0 aliphatic carbocycles. The molecule has 6 aromatic carbocycles. The number of benzene rings is 6. The van der Waals surface area contributed by atoms with Crippen LogP contribution < -0.4 is 4.40 Å². The number of aromatic nitrogens is 2. The van der Waals surface area contributed by atoms with E-state index >= 15 is 0 Å². The maximum absolute atomic E-state index is 8.31. The standard InChI is InChI=1S/C26H20N.C23H24GeNO.Ir/c1-17(2)18-13-14-27-26(16-18)19-11-12-24-22-9-4-3-7-20(22)21-8-5-6-10-23(21)25(24)15-19;1-15(2)16-11-12-25-21(13-16)20-8-6-7-19-18-10-9-17(24(3,4)5)14-22(18)26-23(19)20;/h3-10,12-17H,1-2H3;6-7,9-15H,1-5H3;/q2*-1;/i;15D;. The minimum absolute atomic E-state index is 0. The predicted octanol–water partition coefficient (Wildman–Crippen LogP) is 13.2. The average Bonchev–Trinajstić information content (AvgIpc) is 3.56. The molecule has 3 aromatic heterocycles. The summed E-state index contributed by atoms with van der Waals surface area (Å²) in [5.41, 5.74) is 7.67. The number of furan rings is 1. The summed E-state index contributed by atoms with van der Waals surface area (Å²) in [5, 5.41) is 9.86. The Morgan fingerprint density at radius 3 is 1.87 bits per heavy atom.